The minimum Gasteiger partial charge on any atom is -0.475 e. The number of aliphatic hydroxyl groups is 2. The Bertz CT molecular complexity index is 800. The van der Waals surface area contributed by atoms with Crippen molar-refractivity contribution >= 4 is 5.97 Å². The molecule has 2 bridgehead atoms. The molecule has 0 radical (unpaired) electrons. The fraction of sp³-hybridized carbons (Fsp3) is 0.611. The molecule has 5 rings (SSSR count). The number of aliphatic hydroxyl groups excluding tert-OH is 2. The van der Waals surface area contributed by atoms with Crippen LogP contribution in [-0.2, 0) is 16.8 Å². The van der Waals surface area contributed by atoms with Crippen LogP contribution >= 0.6 is 0 Å². The maximum absolute atomic E-state index is 10.8. The summed E-state index contributed by atoms with van der Waals surface area (Å²) in [6.45, 7) is 2.15. The minimum absolute atomic E-state index is 0.267. The zero-order valence-corrected chi connectivity index (χ0v) is 14.8. The SMILES string of the molecule is O=C(O)C(F)(F)F.O[C@H]1CC[C@H]2N3CC[C@@]2(c2cc4c(cc2C3)OCO4)[C@H]1O. The van der Waals surface area contributed by atoms with E-state index in [2.05, 4.69) is 17.0 Å². The lowest BCUT2D eigenvalue weighted by molar-refractivity contribution is -0.192. The van der Waals surface area contributed by atoms with Gasteiger partial charge in [0.1, 0.15) is 0 Å². The number of fused-ring (bicyclic) bond motifs is 2. The Kier molecular flexibility index (Phi) is 4.48. The van der Waals surface area contributed by atoms with E-state index in [4.69, 9.17) is 19.4 Å². The van der Waals surface area contributed by atoms with Gasteiger partial charge in [-0.1, -0.05) is 0 Å². The minimum atomic E-state index is -5.08. The van der Waals surface area contributed by atoms with Crippen molar-refractivity contribution in [2.24, 2.45) is 0 Å². The fourth-order valence-electron chi connectivity index (χ4n) is 5.02. The third-order valence-corrected chi connectivity index (χ3v) is 6.19. The van der Waals surface area contributed by atoms with Crippen LogP contribution in [-0.4, -0.2) is 64.0 Å². The van der Waals surface area contributed by atoms with E-state index in [0.29, 0.717) is 12.5 Å². The van der Waals surface area contributed by atoms with E-state index in [1.807, 2.05) is 0 Å². The topological polar surface area (TPSA) is 99.5 Å². The van der Waals surface area contributed by atoms with Crippen molar-refractivity contribution in [1.29, 1.82) is 0 Å². The first-order chi connectivity index (χ1) is 13.1. The predicted molar refractivity (Wildman–Crippen MR) is 88.0 cm³/mol. The van der Waals surface area contributed by atoms with Crippen LogP contribution in [0.15, 0.2) is 12.1 Å². The summed E-state index contributed by atoms with van der Waals surface area (Å²) in [7, 11) is 0. The number of benzene rings is 1. The normalized spacial score (nSPS) is 34.8. The van der Waals surface area contributed by atoms with Crippen LogP contribution in [0.5, 0.6) is 11.5 Å². The molecule has 0 amide bonds. The molecular formula is C18H20F3NO6. The maximum Gasteiger partial charge on any atom is 0.490 e. The number of hydrogen-bond donors (Lipinski definition) is 3. The first-order valence-electron chi connectivity index (χ1n) is 8.98. The second kappa shape index (κ2) is 6.50. The zero-order valence-electron chi connectivity index (χ0n) is 14.8. The molecule has 1 unspecified atom stereocenters. The van der Waals surface area contributed by atoms with E-state index < -0.39 is 24.4 Å². The molecule has 1 aromatic rings. The standard InChI is InChI=1S/C16H19NO4.C2HF3O2/c18-11-1-2-14-16(15(11)19)3-4-17(14)7-9-5-12-13(6-10(9)16)21-8-20-12;3-2(4,5)1(6)7/h5-6,11,14-15,18-19H,1-4,7-8H2;(H,6,7)/t11-,14+,15-,16-;/m0./s1. The summed E-state index contributed by atoms with van der Waals surface area (Å²) >= 11 is 0. The summed E-state index contributed by atoms with van der Waals surface area (Å²) in [6, 6.07) is 4.44. The van der Waals surface area contributed by atoms with Crippen LogP contribution in [0, 0.1) is 0 Å². The van der Waals surface area contributed by atoms with Crippen LogP contribution in [0.2, 0.25) is 0 Å². The number of alkyl halides is 3. The third kappa shape index (κ3) is 2.82. The van der Waals surface area contributed by atoms with Gasteiger partial charge in [-0.05, 0) is 49.1 Å². The van der Waals surface area contributed by atoms with Crippen LogP contribution in [0.3, 0.4) is 0 Å². The number of hydrogen-bond acceptors (Lipinski definition) is 6. The average molecular weight is 403 g/mol. The molecule has 0 aromatic heterocycles. The van der Waals surface area contributed by atoms with Crippen molar-refractivity contribution in [3.8, 4) is 11.5 Å². The number of ether oxygens (including phenoxy) is 2. The molecule has 1 aliphatic carbocycles. The lowest BCUT2D eigenvalue weighted by Gasteiger charge is -2.51. The third-order valence-electron chi connectivity index (χ3n) is 6.19. The highest BCUT2D eigenvalue weighted by molar-refractivity contribution is 5.73. The Balaban J connectivity index is 0.000000239. The molecule has 28 heavy (non-hydrogen) atoms. The highest BCUT2D eigenvalue weighted by Crippen LogP contribution is 2.55. The van der Waals surface area contributed by atoms with Gasteiger partial charge < -0.3 is 24.8 Å². The van der Waals surface area contributed by atoms with Gasteiger partial charge in [0.15, 0.2) is 11.5 Å². The molecule has 0 spiro atoms. The Morgan fingerprint density at radius 3 is 2.46 bits per heavy atom. The van der Waals surface area contributed by atoms with Crippen molar-refractivity contribution < 1.29 is 42.8 Å². The first kappa shape index (κ1) is 19.3. The van der Waals surface area contributed by atoms with E-state index in [0.717, 1.165) is 43.0 Å². The molecule has 2 fully saturated rings. The van der Waals surface area contributed by atoms with Crippen molar-refractivity contribution in [1.82, 2.24) is 4.90 Å². The summed E-state index contributed by atoms with van der Waals surface area (Å²) in [6.07, 6.45) is -3.86. The van der Waals surface area contributed by atoms with Crippen molar-refractivity contribution in [3.63, 3.8) is 0 Å². The van der Waals surface area contributed by atoms with Gasteiger partial charge in [0.05, 0.1) is 12.2 Å². The first-order valence-corrected chi connectivity index (χ1v) is 8.98. The quantitative estimate of drug-likeness (QED) is 0.602. The van der Waals surface area contributed by atoms with Gasteiger partial charge in [-0.15, -0.1) is 0 Å². The molecular weight excluding hydrogens is 383 g/mol. The van der Waals surface area contributed by atoms with Gasteiger partial charge >= 0.3 is 12.1 Å². The van der Waals surface area contributed by atoms with Gasteiger partial charge in [-0.2, -0.15) is 13.2 Å². The highest BCUT2D eigenvalue weighted by atomic mass is 19.4. The van der Waals surface area contributed by atoms with Gasteiger partial charge in [-0.3, -0.25) is 4.90 Å². The largest absolute Gasteiger partial charge is 0.490 e. The average Bonchev–Trinajstić information content (AvgIpc) is 3.19. The number of halogens is 3. The van der Waals surface area contributed by atoms with E-state index in [1.54, 1.807) is 0 Å². The number of carboxylic acid groups (broad SMARTS) is 1. The smallest absolute Gasteiger partial charge is 0.475 e. The number of nitrogens with zero attached hydrogens (tertiary/aromatic N) is 1. The summed E-state index contributed by atoms with van der Waals surface area (Å²) in [4.78, 5) is 11.4. The van der Waals surface area contributed by atoms with Gasteiger partial charge in [0.2, 0.25) is 6.79 Å². The summed E-state index contributed by atoms with van der Waals surface area (Å²) < 4.78 is 42.8. The van der Waals surface area contributed by atoms with Gasteiger partial charge in [0.25, 0.3) is 0 Å². The predicted octanol–water partition coefficient (Wildman–Crippen LogP) is 1.39. The van der Waals surface area contributed by atoms with Crippen LogP contribution < -0.4 is 9.47 Å². The number of carboxylic acids is 1. The Labute approximate surface area is 158 Å². The number of carbonyl (C=O) groups is 1. The van der Waals surface area contributed by atoms with Gasteiger partial charge in [-0.25, -0.2) is 4.79 Å². The van der Waals surface area contributed by atoms with E-state index in [-0.39, 0.29) is 12.2 Å². The fourth-order valence-corrected chi connectivity index (χ4v) is 5.02. The molecule has 1 aromatic carbocycles. The molecule has 7 nitrogen and oxygen atoms in total. The Morgan fingerprint density at radius 2 is 1.82 bits per heavy atom. The molecule has 3 N–H and O–H groups in total. The highest BCUT2D eigenvalue weighted by Gasteiger charge is 2.60. The lowest BCUT2D eigenvalue weighted by Crippen LogP contribution is -2.60. The van der Waals surface area contributed by atoms with Crippen LogP contribution in [0.1, 0.15) is 30.4 Å². The van der Waals surface area contributed by atoms with E-state index in [9.17, 15) is 23.4 Å². The van der Waals surface area contributed by atoms with Crippen LogP contribution in [0.4, 0.5) is 13.2 Å². The molecule has 5 atom stereocenters. The van der Waals surface area contributed by atoms with Crippen molar-refractivity contribution in [2.75, 3.05) is 13.3 Å². The zero-order chi connectivity index (χ0) is 20.3. The Hall–Kier alpha value is -2.04. The molecule has 4 aliphatic rings. The second-order valence-electron chi connectivity index (χ2n) is 7.53. The lowest BCUT2D eigenvalue weighted by atomic mass is 9.61. The summed E-state index contributed by atoms with van der Waals surface area (Å²) in [5.74, 6) is -1.18. The van der Waals surface area contributed by atoms with E-state index >= 15 is 0 Å². The maximum atomic E-state index is 10.8. The molecule has 154 valence electrons. The molecule has 10 heteroatoms. The summed E-state index contributed by atoms with van der Waals surface area (Å²) in [5, 5.41) is 28.1. The van der Waals surface area contributed by atoms with Crippen molar-refractivity contribution in [2.45, 2.75) is 55.6 Å². The van der Waals surface area contributed by atoms with Crippen LogP contribution in [0.25, 0.3) is 0 Å². The van der Waals surface area contributed by atoms with Crippen molar-refractivity contribution in [3.05, 3.63) is 23.3 Å². The van der Waals surface area contributed by atoms with Gasteiger partial charge in [0, 0.05) is 18.0 Å². The van der Waals surface area contributed by atoms with E-state index in [1.165, 1.54) is 5.56 Å². The Morgan fingerprint density at radius 1 is 1.18 bits per heavy atom. The second-order valence-corrected chi connectivity index (χ2v) is 7.53. The molecule has 3 heterocycles. The number of aliphatic carboxylic acids is 1. The molecule has 1 saturated heterocycles. The number of rotatable bonds is 0. The molecule has 1 saturated carbocycles. The monoisotopic (exact) mass is 403 g/mol. The summed E-state index contributed by atoms with van der Waals surface area (Å²) in [5.41, 5.74) is 2.03. The molecule has 3 aliphatic heterocycles.